The smallest absolute Gasteiger partial charge is 0.415 e. The second kappa shape index (κ2) is 6.14. The number of hydrogen-bond acceptors (Lipinski definition) is 5. The van der Waals surface area contributed by atoms with Gasteiger partial charge >= 0.3 is 6.09 Å². The topological polar surface area (TPSA) is 75.6 Å². The first-order valence-electron chi connectivity index (χ1n) is 8.03. The Hall–Kier alpha value is -2.18. The van der Waals surface area contributed by atoms with Crippen molar-refractivity contribution in [2.75, 3.05) is 24.5 Å². The minimum absolute atomic E-state index is 0.114. The zero-order chi connectivity index (χ0) is 16.6. The molecule has 0 aromatic carbocycles. The van der Waals surface area contributed by atoms with Gasteiger partial charge in [0.1, 0.15) is 17.7 Å². The number of carbonyl (C=O) groups excluding carboxylic acids is 2. The predicted octanol–water partition coefficient (Wildman–Crippen LogP) is 1.86. The van der Waals surface area contributed by atoms with E-state index in [0.717, 1.165) is 37.4 Å². The molecule has 3 heterocycles. The quantitative estimate of drug-likeness (QED) is 0.832. The lowest BCUT2D eigenvalue weighted by atomic mass is 9.96. The van der Waals surface area contributed by atoms with Crippen LogP contribution in [0.2, 0.25) is 0 Å². The van der Waals surface area contributed by atoms with Crippen LogP contribution in [0.5, 0.6) is 0 Å². The Balaban J connectivity index is 1.79. The molecule has 7 heteroatoms. The summed E-state index contributed by atoms with van der Waals surface area (Å²) in [5.74, 6) is 1.70. The van der Waals surface area contributed by atoms with Gasteiger partial charge < -0.3 is 9.64 Å². The van der Waals surface area contributed by atoms with Crippen molar-refractivity contribution in [1.82, 2.24) is 14.9 Å². The number of aromatic nitrogens is 2. The third kappa shape index (κ3) is 3.28. The second-order valence-electron chi connectivity index (χ2n) is 6.31. The monoisotopic (exact) mass is 318 g/mol. The average molecular weight is 318 g/mol. The molecule has 1 aromatic rings. The predicted molar refractivity (Wildman–Crippen MR) is 84.3 cm³/mol. The zero-order valence-corrected chi connectivity index (χ0v) is 13.8. The maximum atomic E-state index is 11.9. The Labute approximate surface area is 135 Å². The number of piperidine rings is 1. The van der Waals surface area contributed by atoms with Crippen LogP contribution >= 0.6 is 0 Å². The molecule has 124 valence electrons. The molecule has 0 spiro atoms. The molecule has 2 aliphatic rings. The SMILES string of the molecule is CC(=O)N1CCC(c2nc(C)cc(N3CC(C)OC3=O)n2)CC1. The van der Waals surface area contributed by atoms with E-state index in [2.05, 4.69) is 9.97 Å². The van der Waals surface area contributed by atoms with Crippen molar-refractivity contribution in [2.45, 2.75) is 45.6 Å². The van der Waals surface area contributed by atoms with Crippen LogP contribution in [-0.4, -0.2) is 52.6 Å². The molecule has 3 rings (SSSR count). The van der Waals surface area contributed by atoms with Crippen molar-refractivity contribution in [2.24, 2.45) is 0 Å². The van der Waals surface area contributed by atoms with Crippen molar-refractivity contribution in [3.05, 3.63) is 17.6 Å². The van der Waals surface area contributed by atoms with Crippen LogP contribution in [0.25, 0.3) is 0 Å². The van der Waals surface area contributed by atoms with E-state index in [9.17, 15) is 9.59 Å². The third-order valence-corrected chi connectivity index (χ3v) is 4.40. The minimum atomic E-state index is -0.354. The fraction of sp³-hybridized carbons (Fsp3) is 0.625. The summed E-state index contributed by atoms with van der Waals surface area (Å²) < 4.78 is 5.18. The molecule has 0 aliphatic carbocycles. The number of amides is 2. The summed E-state index contributed by atoms with van der Waals surface area (Å²) in [5.41, 5.74) is 0.839. The number of cyclic esters (lactones) is 1. The van der Waals surface area contributed by atoms with Gasteiger partial charge in [0.2, 0.25) is 5.91 Å². The highest BCUT2D eigenvalue weighted by atomic mass is 16.6. The number of rotatable bonds is 2. The molecular weight excluding hydrogens is 296 g/mol. The van der Waals surface area contributed by atoms with Crippen molar-refractivity contribution in [3.63, 3.8) is 0 Å². The van der Waals surface area contributed by atoms with Gasteiger partial charge in [0.05, 0.1) is 6.54 Å². The van der Waals surface area contributed by atoms with Crippen LogP contribution in [0.15, 0.2) is 6.07 Å². The summed E-state index contributed by atoms with van der Waals surface area (Å²) in [6, 6.07) is 1.81. The van der Waals surface area contributed by atoms with E-state index in [1.807, 2.05) is 24.8 Å². The van der Waals surface area contributed by atoms with Gasteiger partial charge in [0.15, 0.2) is 0 Å². The molecule has 0 N–H and O–H groups in total. The van der Waals surface area contributed by atoms with Gasteiger partial charge in [-0.25, -0.2) is 14.8 Å². The van der Waals surface area contributed by atoms with Crippen molar-refractivity contribution >= 4 is 17.8 Å². The highest BCUT2D eigenvalue weighted by molar-refractivity contribution is 5.88. The summed E-state index contributed by atoms with van der Waals surface area (Å²) in [7, 11) is 0. The Bertz CT molecular complexity index is 626. The Morgan fingerprint density at radius 3 is 2.57 bits per heavy atom. The summed E-state index contributed by atoms with van der Waals surface area (Å²) in [6.45, 7) is 7.35. The van der Waals surface area contributed by atoms with Crippen LogP contribution in [0.1, 0.15) is 44.1 Å². The number of nitrogens with zero attached hydrogens (tertiary/aromatic N) is 4. The fourth-order valence-corrected chi connectivity index (χ4v) is 3.14. The molecule has 2 saturated heterocycles. The van der Waals surface area contributed by atoms with Crippen molar-refractivity contribution < 1.29 is 14.3 Å². The van der Waals surface area contributed by atoms with E-state index < -0.39 is 0 Å². The summed E-state index contributed by atoms with van der Waals surface area (Å²) in [6.07, 6.45) is 1.22. The van der Waals surface area contributed by atoms with Crippen LogP contribution in [0.4, 0.5) is 10.6 Å². The lowest BCUT2D eigenvalue weighted by Gasteiger charge is -2.30. The van der Waals surface area contributed by atoms with E-state index >= 15 is 0 Å². The molecule has 2 aliphatic heterocycles. The number of carbonyl (C=O) groups is 2. The summed E-state index contributed by atoms with van der Waals surface area (Å²) in [5, 5.41) is 0. The largest absolute Gasteiger partial charge is 0.444 e. The van der Waals surface area contributed by atoms with Crippen LogP contribution in [-0.2, 0) is 9.53 Å². The minimum Gasteiger partial charge on any atom is -0.444 e. The van der Waals surface area contributed by atoms with E-state index in [4.69, 9.17) is 4.74 Å². The van der Waals surface area contributed by atoms with Gasteiger partial charge in [-0.1, -0.05) is 0 Å². The second-order valence-corrected chi connectivity index (χ2v) is 6.31. The Morgan fingerprint density at radius 1 is 1.30 bits per heavy atom. The van der Waals surface area contributed by atoms with E-state index in [1.54, 1.807) is 11.8 Å². The lowest BCUT2D eigenvalue weighted by molar-refractivity contribution is -0.129. The molecule has 0 bridgehead atoms. The summed E-state index contributed by atoms with van der Waals surface area (Å²) in [4.78, 5) is 35.9. The first-order chi connectivity index (χ1) is 10.9. The molecule has 23 heavy (non-hydrogen) atoms. The highest BCUT2D eigenvalue weighted by Crippen LogP contribution is 2.28. The van der Waals surface area contributed by atoms with Gasteiger partial charge in [-0.3, -0.25) is 9.69 Å². The van der Waals surface area contributed by atoms with Gasteiger partial charge in [-0.05, 0) is 26.7 Å². The molecule has 1 aromatic heterocycles. The van der Waals surface area contributed by atoms with E-state index in [0.29, 0.717) is 12.4 Å². The van der Waals surface area contributed by atoms with Gasteiger partial charge in [-0.15, -0.1) is 0 Å². The van der Waals surface area contributed by atoms with Crippen LogP contribution in [0, 0.1) is 6.92 Å². The van der Waals surface area contributed by atoms with Gasteiger partial charge in [0.25, 0.3) is 0 Å². The highest BCUT2D eigenvalue weighted by Gasteiger charge is 2.32. The number of anilines is 1. The van der Waals surface area contributed by atoms with E-state index in [1.165, 1.54) is 0 Å². The molecular formula is C16H22N4O3. The van der Waals surface area contributed by atoms with Crippen LogP contribution < -0.4 is 4.90 Å². The molecule has 0 radical (unpaired) electrons. The first-order valence-corrected chi connectivity index (χ1v) is 8.03. The van der Waals surface area contributed by atoms with Crippen molar-refractivity contribution in [1.29, 1.82) is 0 Å². The number of aryl methyl sites for hydroxylation is 1. The molecule has 7 nitrogen and oxygen atoms in total. The molecule has 2 fully saturated rings. The Kier molecular flexibility index (Phi) is 4.19. The average Bonchev–Trinajstić information content (AvgIpc) is 2.85. The summed E-state index contributed by atoms with van der Waals surface area (Å²) >= 11 is 0. The molecule has 1 unspecified atom stereocenters. The fourth-order valence-electron chi connectivity index (χ4n) is 3.14. The zero-order valence-electron chi connectivity index (χ0n) is 13.8. The van der Waals surface area contributed by atoms with E-state index in [-0.39, 0.29) is 24.0 Å². The van der Waals surface area contributed by atoms with Gasteiger partial charge in [-0.2, -0.15) is 0 Å². The lowest BCUT2D eigenvalue weighted by Crippen LogP contribution is -2.36. The van der Waals surface area contributed by atoms with Crippen molar-refractivity contribution in [3.8, 4) is 0 Å². The van der Waals surface area contributed by atoms with Crippen LogP contribution in [0.3, 0.4) is 0 Å². The third-order valence-electron chi connectivity index (χ3n) is 4.40. The number of likely N-dealkylation sites (tertiary alicyclic amines) is 1. The maximum absolute atomic E-state index is 11.9. The first kappa shape index (κ1) is 15.7. The molecule has 0 saturated carbocycles. The Morgan fingerprint density at radius 2 is 2.00 bits per heavy atom. The maximum Gasteiger partial charge on any atom is 0.415 e. The standard InChI is InChI=1S/C16H22N4O3/c1-10-8-14(20-9-11(2)23-16(20)22)18-15(17-10)13-4-6-19(7-5-13)12(3)21/h8,11,13H,4-7,9H2,1-3H3. The number of ether oxygens (including phenoxy) is 1. The molecule has 1 atom stereocenters. The van der Waals surface area contributed by atoms with Gasteiger partial charge in [0, 0.05) is 37.7 Å². The molecule has 2 amide bonds. The normalized spacial score (nSPS) is 22.4. The number of hydrogen-bond donors (Lipinski definition) is 0.